The average Bonchev–Trinajstić information content (AvgIpc) is 2.29. The zero-order valence-corrected chi connectivity index (χ0v) is 12.6. The first-order chi connectivity index (χ1) is 8.37. The van der Waals surface area contributed by atoms with Crippen LogP contribution in [0.4, 0.5) is 0 Å². The summed E-state index contributed by atoms with van der Waals surface area (Å²) in [4.78, 5) is 0. The van der Waals surface area contributed by atoms with Gasteiger partial charge in [0, 0.05) is 25.2 Å². The molecule has 0 unspecified atom stereocenters. The first-order valence-corrected chi connectivity index (χ1v) is 8.29. The van der Waals surface area contributed by atoms with Crippen molar-refractivity contribution in [2.75, 3.05) is 38.6 Å². The molecule has 1 rings (SSSR count). The summed E-state index contributed by atoms with van der Waals surface area (Å²) in [5, 5.41) is 3.32. The summed E-state index contributed by atoms with van der Waals surface area (Å²) in [5.41, 5.74) is 0.00921. The molecule has 108 valence electrons. The van der Waals surface area contributed by atoms with E-state index in [2.05, 4.69) is 26.1 Å². The maximum Gasteiger partial charge on any atom is 0.215 e. The molecule has 0 saturated carbocycles. The fraction of sp³-hybridized carbons (Fsp3) is 1.00. The summed E-state index contributed by atoms with van der Waals surface area (Å²) in [6.07, 6.45) is 2.14. The molecule has 0 aromatic carbocycles. The van der Waals surface area contributed by atoms with Crippen LogP contribution in [-0.2, 0) is 14.8 Å². The molecule has 5 nitrogen and oxygen atoms in total. The summed E-state index contributed by atoms with van der Waals surface area (Å²) < 4.78 is 30.8. The van der Waals surface area contributed by atoms with E-state index in [1.54, 1.807) is 0 Å². The maximum absolute atomic E-state index is 12.1. The molecule has 1 aliphatic heterocycles. The first-order valence-electron chi connectivity index (χ1n) is 6.68. The van der Waals surface area contributed by atoms with Crippen molar-refractivity contribution < 1.29 is 13.2 Å². The van der Waals surface area contributed by atoms with Crippen LogP contribution in [0.5, 0.6) is 0 Å². The maximum atomic E-state index is 12.1. The van der Waals surface area contributed by atoms with Crippen molar-refractivity contribution in [3.63, 3.8) is 0 Å². The predicted octanol–water partition coefficient (Wildman–Crippen LogP) is 0.817. The fourth-order valence-corrected chi connectivity index (χ4v) is 3.51. The number of morpholine rings is 1. The Hall–Kier alpha value is -0.170. The minimum Gasteiger partial charge on any atom is -0.379 e. The van der Waals surface area contributed by atoms with Crippen molar-refractivity contribution in [2.24, 2.45) is 0 Å². The Morgan fingerprint density at radius 2 is 1.89 bits per heavy atom. The van der Waals surface area contributed by atoms with Crippen molar-refractivity contribution in [3.05, 3.63) is 0 Å². The smallest absolute Gasteiger partial charge is 0.215 e. The van der Waals surface area contributed by atoms with Crippen LogP contribution in [0, 0.1) is 0 Å². The second-order valence-corrected chi connectivity index (χ2v) is 7.48. The molecule has 0 amide bonds. The Morgan fingerprint density at radius 3 is 2.44 bits per heavy atom. The van der Waals surface area contributed by atoms with Gasteiger partial charge >= 0.3 is 0 Å². The molecule has 1 N–H and O–H groups in total. The van der Waals surface area contributed by atoms with Gasteiger partial charge in [-0.2, -0.15) is 4.31 Å². The number of ether oxygens (including phenoxy) is 1. The second kappa shape index (κ2) is 6.84. The van der Waals surface area contributed by atoms with Crippen molar-refractivity contribution >= 4 is 10.0 Å². The molecule has 1 saturated heterocycles. The monoisotopic (exact) mass is 278 g/mol. The number of hydrogen-bond donors (Lipinski definition) is 1. The molecule has 0 aliphatic carbocycles. The van der Waals surface area contributed by atoms with Gasteiger partial charge in [0.15, 0.2) is 0 Å². The molecular weight excluding hydrogens is 252 g/mol. The second-order valence-electron chi connectivity index (χ2n) is 5.39. The van der Waals surface area contributed by atoms with Gasteiger partial charge < -0.3 is 10.1 Å². The van der Waals surface area contributed by atoms with Crippen LogP contribution in [0.1, 0.15) is 33.6 Å². The highest BCUT2D eigenvalue weighted by atomic mass is 32.2. The van der Waals surface area contributed by atoms with Gasteiger partial charge in [0.25, 0.3) is 0 Å². The highest BCUT2D eigenvalue weighted by Crippen LogP contribution is 2.11. The first kappa shape index (κ1) is 15.9. The molecule has 0 atom stereocenters. The van der Waals surface area contributed by atoms with E-state index in [1.165, 1.54) is 4.31 Å². The summed E-state index contributed by atoms with van der Waals surface area (Å²) in [6, 6.07) is 0. The van der Waals surface area contributed by atoms with Gasteiger partial charge in [0.2, 0.25) is 10.0 Å². The molecule has 6 heteroatoms. The fourth-order valence-electron chi connectivity index (χ4n) is 2.19. The molecule has 1 heterocycles. The summed E-state index contributed by atoms with van der Waals surface area (Å²) in [5.74, 6) is 0.167. The Labute approximate surface area is 111 Å². The minimum absolute atomic E-state index is 0.00921. The molecule has 0 aromatic rings. The van der Waals surface area contributed by atoms with Gasteiger partial charge in [-0.05, 0) is 20.3 Å². The van der Waals surface area contributed by atoms with E-state index in [0.717, 1.165) is 12.8 Å². The van der Waals surface area contributed by atoms with Crippen LogP contribution in [0.3, 0.4) is 0 Å². The van der Waals surface area contributed by atoms with Crippen LogP contribution in [0.2, 0.25) is 0 Å². The highest BCUT2D eigenvalue weighted by molar-refractivity contribution is 7.89. The molecule has 0 spiro atoms. The number of rotatable bonds is 7. The van der Waals surface area contributed by atoms with E-state index in [-0.39, 0.29) is 11.3 Å². The van der Waals surface area contributed by atoms with Crippen molar-refractivity contribution in [3.8, 4) is 0 Å². The van der Waals surface area contributed by atoms with Gasteiger partial charge in [-0.1, -0.05) is 13.3 Å². The molecule has 0 radical (unpaired) electrons. The van der Waals surface area contributed by atoms with E-state index in [1.807, 2.05) is 0 Å². The van der Waals surface area contributed by atoms with E-state index in [9.17, 15) is 8.42 Å². The van der Waals surface area contributed by atoms with Crippen LogP contribution in [0.15, 0.2) is 0 Å². The van der Waals surface area contributed by atoms with Crippen LogP contribution in [0.25, 0.3) is 0 Å². The van der Waals surface area contributed by atoms with Crippen molar-refractivity contribution in [2.45, 2.75) is 39.2 Å². The lowest BCUT2D eigenvalue weighted by molar-refractivity contribution is 0.0730. The van der Waals surface area contributed by atoms with Gasteiger partial charge in [0.1, 0.15) is 0 Å². The van der Waals surface area contributed by atoms with E-state index < -0.39 is 10.0 Å². The topological polar surface area (TPSA) is 58.6 Å². The van der Waals surface area contributed by atoms with Gasteiger partial charge in [-0.15, -0.1) is 0 Å². The average molecular weight is 278 g/mol. The Morgan fingerprint density at radius 1 is 1.28 bits per heavy atom. The number of sulfonamides is 1. The Balaban J connectivity index is 2.37. The van der Waals surface area contributed by atoms with Crippen molar-refractivity contribution in [1.29, 1.82) is 0 Å². The van der Waals surface area contributed by atoms with Crippen molar-refractivity contribution in [1.82, 2.24) is 9.62 Å². The van der Waals surface area contributed by atoms with Crippen LogP contribution >= 0.6 is 0 Å². The number of nitrogens with one attached hydrogen (secondary N) is 1. The summed E-state index contributed by atoms with van der Waals surface area (Å²) in [6.45, 7) is 8.85. The highest BCUT2D eigenvalue weighted by Gasteiger charge is 2.24. The molecule has 0 bridgehead atoms. The molecule has 18 heavy (non-hydrogen) atoms. The quantitative estimate of drug-likeness (QED) is 0.749. The van der Waals surface area contributed by atoms with E-state index in [4.69, 9.17) is 4.74 Å². The third-order valence-electron chi connectivity index (χ3n) is 3.20. The number of nitrogens with zero attached hydrogens (tertiary/aromatic N) is 1. The lowest BCUT2D eigenvalue weighted by Gasteiger charge is -2.28. The SMILES string of the molecule is CCCC(C)(C)NCCS(=O)(=O)N1CCOCC1. The van der Waals surface area contributed by atoms with E-state index in [0.29, 0.717) is 32.8 Å². The van der Waals surface area contributed by atoms with Crippen LogP contribution < -0.4 is 5.32 Å². The third-order valence-corrected chi connectivity index (χ3v) is 5.07. The Kier molecular flexibility index (Phi) is 6.04. The molecule has 1 aliphatic rings. The lowest BCUT2D eigenvalue weighted by atomic mass is 9.99. The molecular formula is C12H26N2O3S. The summed E-state index contributed by atoms with van der Waals surface area (Å²) >= 11 is 0. The molecule has 0 aromatic heterocycles. The third kappa shape index (κ3) is 5.22. The van der Waals surface area contributed by atoms with Crippen LogP contribution in [-0.4, -0.2) is 56.9 Å². The van der Waals surface area contributed by atoms with Gasteiger partial charge in [-0.3, -0.25) is 0 Å². The standard InChI is InChI=1S/C12H26N2O3S/c1-4-5-12(2,3)13-6-11-18(15,16)14-7-9-17-10-8-14/h13H,4-11H2,1-3H3. The van der Waals surface area contributed by atoms with Gasteiger partial charge in [-0.25, -0.2) is 8.42 Å². The van der Waals surface area contributed by atoms with Gasteiger partial charge in [0.05, 0.1) is 19.0 Å². The van der Waals surface area contributed by atoms with E-state index >= 15 is 0 Å². The summed E-state index contributed by atoms with van der Waals surface area (Å²) in [7, 11) is -3.13. The minimum atomic E-state index is -3.13. The molecule has 1 fully saturated rings. The lowest BCUT2D eigenvalue weighted by Crippen LogP contribution is -2.46. The predicted molar refractivity (Wildman–Crippen MR) is 73.2 cm³/mol. The normalized spacial score (nSPS) is 19.1. The zero-order valence-electron chi connectivity index (χ0n) is 11.7. The number of hydrogen-bond acceptors (Lipinski definition) is 4. The Bertz CT molecular complexity index is 335. The largest absolute Gasteiger partial charge is 0.379 e. The zero-order chi connectivity index (χ0) is 13.6.